The maximum absolute atomic E-state index is 12.3. The van der Waals surface area contributed by atoms with E-state index in [-0.39, 0.29) is 5.91 Å². The van der Waals surface area contributed by atoms with E-state index in [2.05, 4.69) is 17.1 Å². The molecule has 0 aromatic heterocycles. The number of nitrogens with one attached hydrogen (secondary N) is 1. The Hall–Kier alpha value is -2.29. The predicted molar refractivity (Wildman–Crippen MR) is 88.9 cm³/mol. The van der Waals surface area contributed by atoms with Gasteiger partial charge in [0.15, 0.2) is 0 Å². The van der Waals surface area contributed by atoms with E-state index < -0.39 is 0 Å². The van der Waals surface area contributed by atoms with Crippen LogP contribution in [0.3, 0.4) is 0 Å². The van der Waals surface area contributed by atoms with Crippen LogP contribution < -0.4 is 10.2 Å². The van der Waals surface area contributed by atoms with E-state index in [0.29, 0.717) is 6.54 Å². The van der Waals surface area contributed by atoms with Crippen LogP contribution >= 0.6 is 0 Å². The first-order valence-electron chi connectivity index (χ1n) is 7.28. The molecule has 110 valence electrons. The molecule has 3 nitrogen and oxygen atoms in total. The Kier molecular flexibility index (Phi) is 4.99. The summed E-state index contributed by atoms with van der Waals surface area (Å²) in [7, 11) is 0. The fraction of sp³-hybridized carbons (Fsp3) is 0.278. The Labute approximate surface area is 126 Å². The molecule has 2 aromatic rings. The maximum atomic E-state index is 12.3. The van der Waals surface area contributed by atoms with Crippen molar-refractivity contribution in [2.24, 2.45) is 0 Å². The minimum absolute atomic E-state index is 0.0121. The standard InChI is InChI=1S/C18H22N2O/c1-4-20(16-11-6-5-7-12-16)13-17(21)19-18-14(2)9-8-10-15(18)3/h5-12H,4,13H2,1-3H3,(H,19,21). The van der Waals surface area contributed by atoms with E-state index in [0.717, 1.165) is 29.0 Å². The summed E-state index contributed by atoms with van der Waals surface area (Å²) >= 11 is 0. The molecule has 0 saturated carbocycles. The summed E-state index contributed by atoms with van der Waals surface area (Å²) in [6, 6.07) is 16.0. The van der Waals surface area contributed by atoms with Crippen molar-refractivity contribution in [2.45, 2.75) is 20.8 Å². The molecule has 0 fully saturated rings. The van der Waals surface area contributed by atoms with Gasteiger partial charge in [-0.1, -0.05) is 36.4 Å². The molecule has 0 bridgehead atoms. The van der Waals surface area contributed by atoms with Crippen molar-refractivity contribution in [2.75, 3.05) is 23.3 Å². The molecule has 0 unspecified atom stereocenters. The number of para-hydroxylation sites is 2. The van der Waals surface area contributed by atoms with Crippen LogP contribution in [0.15, 0.2) is 48.5 Å². The predicted octanol–water partition coefficient (Wildman–Crippen LogP) is 3.77. The Morgan fingerprint density at radius 2 is 1.62 bits per heavy atom. The number of benzene rings is 2. The number of hydrogen-bond donors (Lipinski definition) is 1. The van der Waals surface area contributed by atoms with E-state index in [4.69, 9.17) is 0 Å². The highest BCUT2D eigenvalue weighted by Crippen LogP contribution is 2.20. The molecule has 0 radical (unpaired) electrons. The minimum Gasteiger partial charge on any atom is -0.362 e. The van der Waals surface area contributed by atoms with Gasteiger partial charge in [-0.3, -0.25) is 4.79 Å². The van der Waals surface area contributed by atoms with Gasteiger partial charge in [-0.05, 0) is 44.0 Å². The highest BCUT2D eigenvalue weighted by atomic mass is 16.2. The third kappa shape index (κ3) is 3.85. The fourth-order valence-electron chi connectivity index (χ4n) is 2.39. The lowest BCUT2D eigenvalue weighted by atomic mass is 10.1. The zero-order valence-corrected chi connectivity index (χ0v) is 12.9. The molecule has 0 heterocycles. The zero-order chi connectivity index (χ0) is 15.2. The van der Waals surface area contributed by atoms with Crippen molar-refractivity contribution in [1.82, 2.24) is 0 Å². The lowest BCUT2D eigenvalue weighted by molar-refractivity contribution is -0.115. The molecule has 2 aromatic carbocycles. The number of nitrogens with zero attached hydrogens (tertiary/aromatic N) is 1. The van der Waals surface area contributed by atoms with Crippen LogP contribution in [-0.4, -0.2) is 19.0 Å². The van der Waals surface area contributed by atoms with Crippen LogP contribution in [0.25, 0.3) is 0 Å². The number of likely N-dealkylation sites (N-methyl/N-ethyl adjacent to an activating group) is 1. The first-order valence-corrected chi connectivity index (χ1v) is 7.28. The first-order chi connectivity index (χ1) is 10.1. The number of anilines is 2. The van der Waals surface area contributed by atoms with Crippen LogP contribution in [0, 0.1) is 13.8 Å². The summed E-state index contributed by atoms with van der Waals surface area (Å²) < 4.78 is 0. The summed E-state index contributed by atoms with van der Waals surface area (Å²) in [6.07, 6.45) is 0. The normalized spacial score (nSPS) is 10.2. The van der Waals surface area contributed by atoms with Crippen LogP contribution in [0.1, 0.15) is 18.1 Å². The molecule has 0 spiro atoms. The second kappa shape index (κ2) is 6.93. The molecule has 0 aliphatic rings. The lowest BCUT2D eigenvalue weighted by Gasteiger charge is -2.23. The van der Waals surface area contributed by atoms with E-state index in [1.807, 2.05) is 62.4 Å². The topological polar surface area (TPSA) is 32.3 Å². The average Bonchev–Trinajstić information content (AvgIpc) is 2.49. The van der Waals surface area contributed by atoms with Crippen molar-refractivity contribution >= 4 is 17.3 Å². The molecule has 3 heteroatoms. The van der Waals surface area contributed by atoms with Gasteiger partial charge in [0.05, 0.1) is 6.54 Å². The number of aryl methyl sites for hydroxylation is 2. The van der Waals surface area contributed by atoms with E-state index >= 15 is 0 Å². The van der Waals surface area contributed by atoms with Crippen LogP contribution in [-0.2, 0) is 4.79 Å². The van der Waals surface area contributed by atoms with E-state index in [1.54, 1.807) is 0 Å². The fourth-order valence-corrected chi connectivity index (χ4v) is 2.39. The molecular weight excluding hydrogens is 260 g/mol. The molecule has 21 heavy (non-hydrogen) atoms. The smallest absolute Gasteiger partial charge is 0.243 e. The second-order valence-corrected chi connectivity index (χ2v) is 5.16. The van der Waals surface area contributed by atoms with Crippen LogP contribution in [0.4, 0.5) is 11.4 Å². The molecule has 1 N–H and O–H groups in total. The lowest BCUT2D eigenvalue weighted by Crippen LogP contribution is -2.33. The van der Waals surface area contributed by atoms with Crippen molar-refractivity contribution in [3.05, 3.63) is 59.7 Å². The van der Waals surface area contributed by atoms with Gasteiger partial charge >= 0.3 is 0 Å². The Morgan fingerprint density at radius 3 is 2.19 bits per heavy atom. The van der Waals surface area contributed by atoms with Gasteiger partial charge in [0.2, 0.25) is 5.91 Å². The summed E-state index contributed by atoms with van der Waals surface area (Å²) in [5, 5.41) is 3.03. The van der Waals surface area contributed by atoms with Crippen LogP contribution in [0.2, 0.25) is 0 Å². The third-order valence-corrected chi connectivity index (χ3v) is 3.58. The summed E-state index contributed by atoms with van der Waals surface area (Å²) in [5.74, 6) is 0.0121. The van der Waals surface area contributed by atoms with Gasteiger partial charge in [0.1, 0.15) is 0 Å². The van der Waals surface area contributed by atoms with E-state index in [1.165, 1.54) is 0 Å². The number of hydrogen-bond acceptors (Lipinski definition) is 2. The largest absolute Gasteiger partial charge is 0.362 e. The van der Waals surface area contributed by atoms with Crippen molar-refractivity contribution in [1.29, 1.82) is 0 Å². The number of amides is 1. The van der Waals surface area contributed by atoms with Crippen molar-refractivity contribution in [3.63, 3.8) is 0 Å². The van der Waals surface area contributed by atoms with Gasteiger partial charge in [-0.25, -0.2) is 0 Å². The van der Waals surface area contributed by atoms with Crippen molar-refractivity contribution < 1.29 is 4.79 Å². The molecule has 0 atom stereocenters. The molecule has 0 aliphatic carbocycles. The summed E-state index contributed by atoms with van der Waals surface area (Å²) in [6.45, 7) is 7.23. The minimum atomic E-state index is 0.0121. The molecule has 1 amide bonds. The maximum Gasteiger partial charge on any atom is 0.243 e. The highest BCUT2D eigenvalue weighted by molar-refractivity contribution is 5.95. The molecule has 0 saturated heterocycles. The molecular formula is C18H22N2O. The number of rotatable bonds is 5. The van der Waals surface area contributed by atoms with Gasteiger partial charge in [0.25, 0.3) is 0 Å². The second-order valence-electron chi connectivity index (χ2n) is 5.16. The zero-order valence-electron chi connectivity index (χ0n) is 12.9. The van der Waals surface area contributed by atoms with Gasteiger partial charge < -0.3 is 10.2 Å². The SMILES string of the molecule is CCN(CC(=O)Nc1c(C)cccc1C)c1ccccc1. The Morgan fingerprint density at radius 1 is 1.00 bits per heavy atom. The van der Waals surface area contributed by atoms with Gasteiger partial charge in [-0.2, -0.15) is 0 Å². The molecule has 0 aliphatic heterocycles. The van der Waals surface area contributed by atoms with Gasteiger partial charge in [0, 0.05) is 17.9 Å². The van der Waals surface area contributed by atoms with Gasteiger partial charge in [-0.15, -0.1) is 0 Å². The third-order valence-electron chi connectivity index (χ3n) is 3.58. The highest BCUT2D eigenvalue weighted by Gasteiger charge is 2.11. The summed E-state index contributed by atoms with van der Waals surface area (Å²) in [5.41, 5.74) is 4.17. The van der Waals surface area contributed by atoms with Crippen molar-refractivity contribution in [3.8, 4) is 0 Å². The Bertz CT molecular complexity index is 588. The number of carbonyl (C=O) groups excluding carboxylic acids is 1. The van der Waals surface area contributed by atoms with Crippen LogP contribution in [0.5, 0.6) is 0 Å². The first kappa shape index (κ1) is 15.1. The number of carbonyl (C=O) groups is 1. The summed E-state index contributed by atoms with van der Waals surface area (Å²) in [4.78, 5) is 14.4. The monoisotopic (exact) mass is 282 g/mol. The quantitative estimate of drug-likeness (QED) is 0.905. The molecule has 2 rings (SSSR count). The Balaban J connectivity index is 2.07. The average molecular weight is 282 g/mol. The van der Waals surface area contributed by atoms with E-state index in [9.17, 15) is 4.79 Å².